The number of ether oxygens (including phenoxy) is 1. The molecule has 0 fully saturated rings. The second-order valence-electron chi connectivity index (χ2n) is 7.63. The summed E-state index contributed by atoms with van der Waals surface area (Å²) < 4.78 is 6.36. The Morgan fingerprint density at radius 3 is 2.26 bits per heavy atom. The van der Waals surface area contributed by atoms with E-state index in [1.807, 2.05) is 17.9 Å². The van der Waals surface area contributed by atoms with Crippen molar-refractivity contribution in [3.8, 4) is 11.6 Å². The molecule has 27 heavy (non-hydrogen) atoms. The summed E-state index contributed by atoms with van der Waals surface area (Å²) in [6.07, 6.45) is 3.07. The minimum atomic E-state index is 0.204. The van der Waals surface area contributed by atoms with Crippen LogP contribution in [-0.2, 0) is 11.2 Å². The number of amides is 1. The first-order valence-electron chi connectivity index (χ1n) is 9.93. The maximum atomic E-state index is 12.7. The van der Waals surface area contributed by atoms with Gasteiger partial charge in [-0.2, -0.15) is 0 Å². The van der Waals surface area contributed by atoms with Gasteiger partial charge in [0.05, 0.1) is 5.69 Å². The Labute approximate surface area is 162 Å². The molecule has 1 amide bonds. The van der Waals surface area contributed by atoms with Crippen molar-refractivity contribution in [1.82, 2.24) is 4.98 Å². The van der Waals surface area contributed by atoms with Crippen LogP contribution in [0.15, 0.2) is 18.2 Å². The highest BCUT2D eigenvalue weighted by atomic mass is 16.5. The molecule has 2 aromatic rings. The molecular formula is C23H30N2O2. The van der Waals surface area contributed by atoms with E-state index in [0.717, 1.165) is 46.7 Å². The molecule has 0 saturated heterocycles. The SMILES string of the molecule is CCC(CC)N1C(=O)CCc2c1cc(C)nc2Oc1c(C)cc(C)cc1C. The number of carbonyl (C=O) groups is 1. The van der Waals surface area contributed by atoms with E-state index >= 15 is 0 Å². The molecule has 3 rings (SSSR count). The van der Waals surface area contributed by atoms with Gasteiger partial charge < -0.3 is 9.64 Å². The van der Waals surface area contributed by atoms with Crippen LogP contribution in [0, 0.1) is 27.7 Å². The van der Waals surface area contributed by atoms with Gasteiger partial charge in [-0.15, -0.1) is 0 Å². The van der Waals surface area contributed by atoms with Gasteiger partial charge in [-0.1, -0.05) is 31.5 Å². The van der Waals surface area contributed by atoms with E-state index < -0.39 is 0 Å². The van der Waals surface area contributed by atoms with E-state index in [2.05, 4.69) is 46.8 Å². The number of carbonyl (C=O) groups excluding carboxylic acids is 1. The number of hydrogen-bond acceptors (Lipinski definition) is 3. The second kappa shape index (κ2) is 7.71. The molecule has 144 valence electrons. The minimum absolute atomic E-state index is 0.204. The van der Waals surface area contributed by atoms with Crippen molar-refractivity contribution in [2.75, 3.05) is 4.90 Å². The third-order valence-corrected chi connectivity index (χ3v) is 5.42. The zero-order valence-electron chi connectivity index (χ0n) is 17.3. The van der Waals surface area contributed by atoms with E-state index in [1.54, 1.807) is 0 Å². The Bertz CT molecular complexity index is 846. The lowest BCUT2D eigenvalue weighted by atomic mass is 9.98. The van der Waals surface area contributed by atoms with E-state index in [1.165, 1.54) is 5.56 Å². The number of hydrogen-bond donors (Lipinski definition) is 0. The Morgan fingerprint density at radius 1 is 1.04 bits per heavy atom. The normalized spacial score (nSPS) is 13.9. The van der Waals surface area contributed by atoms with Crippen LogP contribution in [-0.4, -0.2) is 16.9 Å². The smallest absolute Gasteiger partial charge is 0.227 e. The van der Waals surface area contributed by atoms with Crippen LogP contribution in [0.5, 0.6) is 11.6 Å². The number of pyridine rings is 1. The van der Waals surface area contributed by atoms with Gasteiger partial charge in [0, 0.05) is 23.7 Å². The van der Waals surface area contributed by atoms with E-state index in [0.29, 0.717) is 18.7 Å². The van der Waals surface area contributed by atoms with E-state index in [9.17, 15) is 4.79 Å². The molecule has 0 spiro atoms. The molecule has 1 aromatic heterocycles. The summed E-state index contributed by atoms with van der Waals surface area (Å²) in [6.45, 7) is 12.5. The summed E-state index contributed by atoms with van der Waals surface area (Å²) >= 11 is 0. The number of aromatic nitrogens is 1. The summed E-state index contributed by atoms with van der Waals surface area (Å²) in [5.41, 5.74) is 6.33. The molecule has 0 bridgehead atoms. The number of fused-ring (bicyclic) bond motifs is 1. The number of nitrogens with zero attached hydrogens (tertiary/aromatic N) is 2. The number of aryl methyl sites for hydroxylation is 4. The highest BCUT2D eigenvalue weighted by Gasteiger charge is 2.32. The molecule has 0 aliphatic carbocycles. The fourth-order valence-corrected chi connectivity index (χ4v) is 4.15. The molecule has 1 aliphatic rings. The Balaban J connectivity index is 2.10. The molecule has 0 N–H and O–H groups in total. The van der Waals surface area contributed by atoms with Gasteiger partial charge in [-0.3, -0.25) is 4.79 Å². The van der Waals surface area contributed by atoms with Crippen molar-refractivity contribution >= 4 is 11.6 Å². The maximum Gasteiger partial charge on any atom is 0.227 e. The van der Waals surface area contributed by atoms with Crippen LogP contribution in [0.2, 0.25) is 0 Å². The maximum absolute atomic E-state index is 12.7. The van der Waals surface area contributed by atoms with Crippen LogP contribution >= 0.6 is 0 Å². The average molecular weight is 367 g/mol. The first-order valence-corrected chi connectivity index (χ1v) is 9.93. The highest BCUT2D eigenvalue weighted by molar-refractivity contribution is 5.97. The molecular weight excluding hydrogens is 336 g/mol. The van der Waals surface area contributed by atoms with Gasteiger partial charge in [0.15, 0.2) is 0 Å². The van der Waals surface area contributed by atoms with Crippen molar-refractivity contribution in [2.45, 2.75) is 73.3 Å². The molecule has 1 aromatic carbocycles. The lowest BCUT2D eigenvalue weighted by Gasteiger charge is -2.36. The van der Waals surface area contributed by atoms with Gasteiger partial charge in [0.25, 0.3) is 0 Å². The van der Waals surface area contributed by atoms with Gasteiger partial charge in [0.2, 0.25) is 11.8 Å². The van der Waals surface area contributed by atoms with Crippen molar-refractivity contribution in [2.24, 2.45) is 0 Å². The summed E-state index contributed by atoms with van der Waals surface area (Å²) in [7, 11) is 0. The van der Waals surface area contributed by atoms with Crippen LogP contribution < -0.4 is 9.64 Å². The van der Waals surface area contributed by atoms with Crippen LogP contribution in [0.4, 0.5) is 5.69 Å². The van der Waals surface area contributed by atoms with Crippen molar-refractivity contribution < 1.29 is 9.53 Å². The first-order chi connectivity index (χ1) is 12.8. The number of anilines is 1. The third kappa shape index (κ3) is 3.71. The van der Waals surface area contributed by atoms with Crippen LogP contribution in [0.1, 0.15) is 61.1 Å². The largest absolute Gasteiger partial charge is 0.438 e. The summed E-state index contributed by atoms with van der Waals surface area (Å²) in [5.74, 6) is 1.71. The molecule has 2 heterocycles. The topological polar surface area (TPSA) is 42.4 Å². The average Bonchev–Trinajstić information content (AvgIpc) is 2.60. The summed E-state index contributed by atoms with van der Waals surface area (Å²) in [5, 5.41) is 0. The quantitative estimate of drug-likeness (QED) is 0.694. The van der Waals surface area contributed by atoms with Crippen LogP contribution in [0.3, 0.4) is 0 Å². The predicted octanol–water partition coefficient (Wildman–Crippen LogP) is 5.58. The fraction of sp³-hybridized carbons (Fsp3) is 0.478. The molecule has 4 nitrogen and oxygen atoms in total. The predicted molar refractivity (Wildman–Crippen MR) is 110 cm³/mol. The highest BCUT2D eigenvalue weighted by Crippen LogP contribution is 2.39. The van der Waals surface area contributed by atoms with Gasteiger partial charge >= 0.3 is 0 Å². The molecule has 0 saturated carbocycles. The molecule has 1 aliphatic heterocycles. The Kier molecular flexibility index (Phi) is 5.54. The summed E-state index contributed by atoms with van der Waals surface area (Å²) in [6, 6.07) is 6.51. The third-order valence-electron chi connectivity index (χ3n) is 5.42. The first kappa shape index (κ1) is 19.4. The zero-order valence-corrected chi connectivity index (χ0v) is 17.3. The number of benzene rings is 1. The van der Waals surface area contributed by atoms with E-state index in [4.69, 9.17) is 9.72 Å². The van der Waals surface area contributed by atoms with Gasteiger partial charge in [-0.25, -0.2) is 4.98 Å². The fourth-order valence-electron chi connectivity index (χ4n) is 4.15. The second-order valence-corrected chi connectivity index (χ2v) is 7.63. The van der Waals surface area contributed by atoms with Crippen molar-refractivity contribution in [3.63, 3.8) is 0 Å². The lowest BCUT2D eigenvalue weighted by Crippen LogP contribution is -2.43. The Hall–Kier alpha value is -2.36. The molecule has 4 heteroatoms. The van der Waals surface area contributed by atoms with Crippen LogP contribution in [0.25, 0.3) is 0 Å². The monoisotopic (exact) mass is 366 g/mol. The van der Waals surface area contributed by atoms with Gasteiger partial charge in [-0.05, 0) is 64.2 Å². The Morgan fingerprint density at radius 2 is 1.67 bits per heavy atom. The minimum Gasteiger partial charge on any atom is -0.438 e. The zero-order chi connectivity index (χ0) is 19.7. The standard InChI is InChI=1S/C23H30N2O2/c1-7-18(8-2)25-20-13-17(6)24-23(19(20)9-10-21(25)26)27-22-15(4)11-14(3)12-16(22)5/h11-13,18H,7-10H2,1-6H3. The van der Waals surface area contributed by atoms with Gasteiger partial charge in [0.1, 0.15) is 5.75 Å². The number of rotatable bonds is 5. The molecule has 0 unspecified atom stereocenters. The molecule has 0 atom stereocenters. The van der Waals surface area contributed by atoms with Crippen molar-refractivity contribution in [3.05, 3.63) is 46.1 Å². The lowest BCUT2D eigenvalue weighted by molar-refractivity contribution is -0.119. The van der Waals surface area contributed by atoms with E-state index in [-0.39, 0.29) is 11.9 Å². The van der Waals surface area contributed by atoms with Crippen molar-refractivity contribution in [1.29, 1.82) is 0 Å². The molecule has 0 radical (unpaired) electrons. The summed E-state index contributed by atoms with van der Waals surface area (Å²) in [4.78, 5) is 19.4.